The van der Waals surface area contributed by atoms with Crippen LogP contribution in [-0.4, -0.2) is 26.2 Å². The van der Waals surface area contributed by atoms with Crippen molar-refractivity contribution in [2.45, 2.75) is 79.1 Å². The van der Waals surface area contributed by atoms with E-state index in [1.807, 2.05) is 0 Å². The number of para-hydroxylation sites is 2. The van der Waals surface area contributed by atoms with Crippen molar-refractivity contribution < 1.29 is 45.2 Å². The molecule has 0 unspecified atom stereocenters. The number of rotatable bonds is 12. The van der Waals surface area contributed by atoms with E-state index in [0.717, 1.165) is 26.2 Å². The van der Waals surface area contributed by atoms with Crippen molar-refractivity contribution in [2.24, 2.45) is 0 Å². The molecule has 0 aliphatic rings. The minimum Gasteiger partial charge on any atom is -1.00 e. The number of nitrogens with one attached hydrogen (secondary N) is 3. The largest absolute Gasteiger partial charge is 2.00 e. The van der Waals surface area contributed by atoms with E-state index in [-0.39, 0.29) is 45.2 Å². The molecule has 0 aliphatic heterocycles. The van der Waals surface area contributed by atoms with Crippen LogP contribution in [-0.2, 0) is 20.4 Å². The van der Waals surface area contributed by atoms with Gasteiger partial charge in [-0.1, -0.05) is 91.8 Å². The van der Waals surface area contributed by atoms with Crippen LogP contribution in [0, 0.1) is 0 Å². The maximum absolute atomic E-state index is 3.72. The van der Waals surface area contributed by atoms with E-state index in [1.165, 1.54) is 33.6 Å². The summed E-state index contributed by atoms with van der Waals surface area (Å²) >= 11 is 0. The topological polar surface area (TPSA) is 36.1 Å². The molecule has 0 aliphatic carbocycles. The molecule has 0 heterocycles. The fraction of sp³-hybridized carbons (Fsp3) is 0.571. The quantitative estimate of drug-likeness (QED) is 0.254. The molecule has 34 heavy (non-hydrogen) atoms. The number of hydrogen-bond donors (Lipinski definition) is 3. The average Bonchev–Trinajstić information content (AvgIpc) is 2.72. The van der Waals surface area contributed by atoms with Crippen LogP contribution in [0.5, 0.6) is 0 Å². The van der Waals surface area contributed by atoms with Crippen molar-refractivity contribution in [2.75, 3.05) is 36.8 Å². The van der Waals surface area contributed by atoms with Crippen LogP contribution >= 0.6 is 0 Å². The fourth-order valence-electron chi connectivity index (χ4n) is 4.19. The van der Waals surface area contributed by atoms with Crippen LogP contribution in [0.1, 0.15) is 101 Å². The fourth-order valence-corrected chi connectivity index (χ4v) is 4.19. The van der Waals surface area contributed by atoms with Gasteiger partial charge in [-0.3, -0.25) is 0 Å². The van der Waals surface area contributed by atoms with E-state index < -0.39 is 0 Å². The van der Waals surface area contributed by atoms with Gasteiger partial charge in [0.15, 0.2) is 0 Å². The van der Waals surface area contributed by atoms with Gasteiger partial charge in [0.05, 0.1) is 0 Å². The third kappa shape index (κ3) is 10.1. The van der Waals surface area contributed by atoms with Crippen LogP contribution < -0.4 is 40.8 Å². The predicted molar refractivity (Wildman–Crippen MR) is 139 cm³/mol. The van der Waals surface area contributed by atoms with Crippen molar-refractivity contribution in [3.63, 3.8) is 0 Å². The maximum atomic E-state index is 3.72. The minimum absolute atomic E-state index is 0. The third-order valence-corrected chi connectivity index (χ3v) is 5.95. The summed E-state index contributed by atoms with van der Waals surface area (Å²) in [4.78, 5) is 0. The van der Waals surface area contributed by atoms with Gasteiger partial charge in [-0.25, -0.2) is 0 Å². The zero-order valence-corrected chi connectivity index (χ0v) is 25.2. The maximum Gasteiger partial charge on any atom is 2.00 e. The first kappa shape index (κ1) is 35.4. The van der Waals surface area contributed by atoms with Crippen molar-refractivity contribution in [1.29, 1.82) is 0 Å². The molecule has 0 fully saturated rings. The molecule has 0 spiro atoms. The first-order valence-electron chi connectivity index (χ1n) is 12.2. The molecule has 0 saturated heterocycles. The SMILES string of the molecule is CC(C)c1cccc(C(C)C)c1NCCNCCNc1c(C(C)C)cccc1C(C)C.[Cl-].[Cl-].[Pd+2]. The molecule has 0 amide bonds. The number of halogens is 2. The molecule has 0 atom stereocenters. The molecule has 3 N–H and O–H groups in total. The van der Waals surface area contributed by atoms with Crippen LogP contribution in [0.4, 0.5) is 11.4 Å². The first-order valence-corrected chi connectivity index (χ1v) is 12.2. The number of hydrogen-bond acceptors (Lipinski definition) is 3. The van der Waals surface area contributed by atoms with Crippen LogP contribution in [0.3, 0.4) is 0 Å². The second-order valence-electron chi connectivity index (χ2n) is 9.85. The summed E-state index contributed by atoms with van der Waals surface area (Å²) in [6.45, 7) is 22.0. The Morgan fingerprint density at radius 1 is 0.500 bits per heavy atom. The Kier molecular flexibility index (Phi) is 18.4. The number of anilines is 2. The standard InChI is InChI=1S/C28H45N3.2ClH.Pd/c1-19(2)23-11-9-12-24(20(3)4)27(23)30-17-15-29-16-18-31-28-25(21(5)6)13-10-14-26(28)22(7)8;;;/h9-14,19-22,29-31H,15-18H2,1-8H3;2*1H;/q;;;+2/p-2. The van der Waals surface area contributed by atoms with Crippen molar-refractivity contribution >= 4 is 11.4 Å². The van der Waals surface area contributed by atoms with Crippen LogP contribution in [0.15, 0.2) is 36.4 Å². The van der Waals surface area contributed by atoms with Gasteiger partial charge in [-0.15, -0.1) is 0 Å². The van der Waals surface area contributed by atoms with Gasteiger partial charge in [0, 0.05) is 37.6 Å². The van der Waals surface area contributed by atoms with E-state index in [9.17, 15) is 0 Å². The molecule has 0 saturated carbocycles. The van der Waals surface area contributed by atoms with Crippen LogP contribution in [0.2, 0.25) is 0 Å². The minimum atomic E-state index is 0. The molecule has 3 nitrogen and oxygen atoms in total. The van der Waals surface area contributed by atoms with E-state index in [0.29, 0.717) is 23.7 Å². The molecule has 2 aromatic rings. The van der Waals surface area contributed by atoms with Gasteiger partial charge >= 0.3 is 20.4 Å². The number of benzene rings is 2. The smallest absolute Gasteiger partial charge is 1.00 e. The van der Waals surface area contributed by atoms with E-state index in [4.69, 9.17) is 0 Å². The summed E-state index contributed by atoms with van der Waals surface area (Å²) in [6, 6.07) is 13.4. The van der Waals surface area contributed by atoms with E-state index >= 15 is 0 Å². The Balaban J connectivity index is 0. The Bertz CT molecular complexity index is 703. The van der Waals surface area contributed by atoms with Gasteiger partial charge in [0.1, 0.15) is 0 Å². The summed E-state index contributed by atoms with van der Waals surface area (Å²) in [6.07, 6.45) is 0. The average molecular weight is 601 g/mol. The third-order valence-electron chi connectivity index (χ3n) is 5.95. The summed E-state index contributed by atoms with van der Waals surface area (Å²) in [5.74, 6) is 2.09. The Morgan fingerprint density at radius 2 is 0.765 bits per heavy atom. The molecule has 0 radical (unpaired) electrons. The summed E-state index contributed by atoms with van der Waals surface area (Å²) in [7, 11) is 0. The molecule has 0 aromatic heterocycles. The molecule has 2 rings (SSSR count). The Hall–Kier alpha value is -0.758. The zero-order valence-electron chi connectivity index (χ0n) is 22.2. The zero-order chi connectivity index (χ0) is 23.0. The normalized spacial score (nSPS) is 10.7. The van der Waals surface area contributed by atoms with Gasteiger partial charge in [-0.2, -0.15) is 0 Å². The van der Waals surface area contributed by atoms with Gasteiger partial charge in [0.2, 0.25) is 0 Å². The van der Waals surface area contributed by atoms with E-state index in [2.05, 4.69) is 108 Å². The summed E-state index contributed by atoms with van der Waals surface area (Å²) in [5, 5.41) is 11.0. The summed E-state index contributed by atoms with van der Waals surface area (Å²) in [5.41, 5.74) is 8.33. The van der Waals surface area contributed by atoms with Gasteiger partial charge < -0.3 is 40.8 Å². The molecule has 2 aromatic carbocycles. The second-order valence-corrected chi connectivity index (χ2v) is 9.85. The monoisotopic (exact) mass is 599 g/mol. The summed E-state index contributed by atoms with van der Waals surface area (Å²) < 4.78 is 0. The van der Waals surface area contributed by atoms with Crippen LogP contribution in [0.25, 0.3) is 0 Å². The van der Waals surface area contributed by atoms with Crippen molar-refractivity contribution in [1.82, 2.24) is 5.32 Å². The first-order chi connectivity index (χ1) is 14.7. The Morgan fingerprint density at radius 3 is 1.00 bits per heavy atom. The van der Waals surface area contributed by atoms with Gasteiger partial charge in [0.25, 0.3) is 0 Å². The molecule has 0 bridgehead atoms. The Labute approximate surface area is 235 Å². The molecule has 6 heteroatoms. The molecular weight excluding hydrogens is 556 g/mol. The van der Waals surface area contributed by atoms with Gasteiger partial charge in [-0.05, 0) is 45.9 Å². The predicted octanol–water partition coefficient (Wildman–Crippen LogP) is 1.30. The van der Waals surface area contributed by atoms with E-state index in [1.54, 1.807) is 0 Å². The molecular formula is C28H45Cl2N3Pd. The second kappa shape index (κ2) is 17.6. The van der Waals surface area contributed by atoms with Crippen molar-refractivity contribution in [3.05, 3.63) is 58.7 Å². The van der Waals surface area contributed by atoms with Crippen molar-refractivity contribution in [3.8, 4) is 0 Å². The molecule has 196 valence electrons.